The summed E-state index contributed by atoms with van der Waals surface area (Å²) in [7, 11) is 0. The van der Waals surface area contributed by atoms with Gasteiger partial charge >= 0.3 is 0 Å². The minimum atomic E-state index is -0.232. The van der Waals surface area contributed by atoms with E-state index in [0.29, 0.717) is 16.8 Å². The van der Waals surface area contributed by atoms with Gasteiger partial charge < -0.3 is 5.73 Å². The summed E-state index contributed by atoms with van der Waals surface area (Å²) in [5.41, 5.74) is 8.43. The average Bonchev–Trinajstić information content (AvgIpc) is 2.31. The summed E-state index contributed by atoms with van der Waals surface area (Å²) in [6, 6.07) is 12.3. The second-order valence-electron chi connectivity index (χ2n) is 3.84. The van der Waals surface area contributed by atoms with Gasteiger partial charge in [-0.1, -0.05) is 24.0 Å². The lowest BCUT2D eigenvalue weighted by Gasteiger charge is -1.96. The summed E-state index contributed by atoms with van der Waals surface area (Å²) < 4.78 is 13.3. The van der Waals surface area contributed by atoms with Gasteiger partial charge in [0.1, 0.15) is 5.82 Å². The molecular weight excluding hydrogens is 213 g/mol. The summed E-state index contributed by atoms with van der Waals surface area (Å²) in [6.07, 6.45) is 0. The maximum atomic E-state index is 13.3. The summed E-state index contributed by atoms with van der Waals surface area (Å²) >= 11 is 0. The minimum Gasteiger partial charge on any atom is -0.399 e. The smallest absolute Gasteiger partial charge is 0.127 e. The zero-order valence-electron chi connectivity index (χ0n) is 9.50. The fraction of sp³-hybridized carbons (Fsp3) is 0.0667. The van der Waals surface area contributed by atoms with Crippen molar-refractivity contribution in [1.82, 2.24) is 0 Å². The predicted molar refractivity (Wildman–Crippen MR) is 68.0 cm³/mol. The third kappa shape index (κ3) is 2.85. The van der Waals surface area contributed by atoms with Gasteiger partial charge in [-0.15, -0.1) is 0 Å². The van der Waals surface area contributed by atoms with Gasteiger partial charge in [-0.3, -0.25) is 0 Å². The highest BCUT2D eigenvalue weighted by Gasteiger charge is 1.96. The highest BCUT2D eigenvalue weighted by molar-refractivity contribution is 5.49. The van der Waals surface area contributed by atoms with Gasteiger partial charge in [-0.25, -0.2) is 4.39 Å². The number of anilines is 1. The van der Waals surface area contributed by atoms with Gasteiger partial charge in [-0.2, -0.15) is 0 Å². The molecule has 0 aromatic heterocycles. The predicted octanol–water partition coefficient (Wildman–Crippen LogP) is 3.12. The van der Waals surface area contributed by atoms with Crippen molar-refractivity contribution in [2.24, 2.45) is 0 Å². The van der Waals surface area contributed by atoms with Crippen LogP contribution in [0.15, 0.2) is 42.5 Å². The third-order valence-corrected chi connectivity index (χ3v) is 2.41. The summed E-state index contributed by atoms with van der Waals surface area (Å²) in [5.74, 6) is 5.63. The highest BCUT2D eigenvalue weighted by Crippen LogP contribution is 2.09. The quantitative estimate of drug-likeness (QED) is 0.541. The Labute approximate surface area is 100 Å². The fourth-order valence-electron chi connectivity index (χ4n) is 1.43. The fourth-order valence-corrected chi connectivity index (χ4v) is 1.43. The van der Waals surface area contributed by atoms with Crippen LogP contribution in [0.5, 0.6) is 0 Å². The Balaban J connectivity index is 2.30. The van der Waals surface area contributed by atoms with Gasteiger partial charge in [0.05, 0.1) is 0 Å². The Morgan fingerprint density at radius 1 is 1.00 bits per heavy atom. The SMILES string of the molecule is Cc1ccc(C#Cc2cccc(N)c2)cc1F. The summed E-state index contributed by atoms with van der Waals surface area (Å²) in [5, 5.41) is 0. The lowest BCUT2D eigenvalue weighted by atomic mass is 10.1. The molecule has 2 heteroatoms. The minimum absolute atomic E-state index is 0.232. The molecule has 0 unspecified atom stereocenters. The monoisotopic (exact) mass is 225 g/mol. The van der Waals surface area contributed by atoms with Crippen molar-refractivity contribution in [3.05, 3.63) is 65.0 Å². The lowest BCUT2D eigenvalue weighted by Crippen LogP contribution is -1.85. The van der Waals surface area contributed by atoms with E-state index < -0.39 is 0 Å². The molecule has 0 saturated carbocycles. The van der Waals surface area contributed by atoms with Crippen molar-refractivity contribution in [2.75, 3.05) is 5.73 Å². The molecule has 0 atom stereocenters. The van der Waals surface area contributed by atoms with E-state index >= 15 is 0 Å². The van der Waals surface area contributed by atoms with E-state index in [1.807, 2.05) is 12.1 Å². The van der Waals surface area contributed by atoms with Gasteiger partial charge in [0.25, 0.3) is 0 Å². The van der Waals surface area contributed by atoms with Crippen molar-refractivity contribution >= 4 is 5.69 Å². The number of nitrogen functional groups attached to an aromatic ring is 1. The van der Waals surface area contributed by atoms with Crippen molar-refractivity contribution in [2.45, 2.75) is 6.92 Å². The molecule has 0 aliphatic heterocycles. The molecule has 0 aliphatic rings. The van der Waals surface area contributed by atoms with Crippen LogP contribution in [0.25, 0.3) is 0 Å². The van der Waals surface area contributed by atoms with E-state index in [1.54, 1.807) is 31.2 Å². The van der Waals surface area contributed by atoms with Crippen molar-refractivity contribution in [3.8, 4) is 11.8 Å². The first kappa shape index (κ1) is 11.2. The molecule has 0 aliphatic carbocycles. The second-order valence-corrected chi connectivity index (χ2v) is 3.84. The Hall–Kier alpha value is -2.27. The summed E-state index contributed by atoms with van der Waals surface area (Å²) in [6.45, 7) is 1.73. The molecule has 17 heavy (non-hydrogen) atoms. The maximum Gasteiger partial charge on any atom is 0.127 e. The second kappa shape index (κ2) is 4.71. The Bertz CT molecular complexity index is 606. The van der Waals surface area contributed by atoms with Crippen LogP contribution < -0.4 is 5.73 Å². The first-order valence-electron chi connectivity index (χ1n) is 5.29. The molecule has 84 valence electrons. The Morgan fingerprint density at radius 2 is 1.71 bits per heavy atom. The molecule has 0 amide bonds. The number of hydrogen-bond donors (Lipinski definition) is 1. The number of halogens is 1. The first-order chi connectivity index (χ1) is 8.15. The van der Waals surface area contributed by atoms with E-state index in [0.717, 1.165) is 5.56 Å². The van der Waals surface area contributed by atoms with Crippen LogP contribution in [0, 0.1) is 24.6 Å². The largest absolute Gasteiger partial charge is 0.399 e. The zero-order chi connectivity index (χ0) is 12.3. The first-order valence-corrected chi connectivity index (χ1v) is 5.29. The van der Waals surface area contributed by atoms with Gasteiger partial charge in [0.2, 0.25) is 0 Å². The van der Waals surface area contributed by atoms with Crippen molar-refractivity contribution in [1.29, 1.82) is 0 Å². The van der Waals surface area contributed by atoms with E-state index in [1.165, 1.54) is 6.07 Å². The third-order valence-electron chi connectivity index (χ3n) is 2.41. The zero-order valence-corrected chi connectivity index (χ0v) is 9.50. The van der Waals surface area contributed by atoms with Crippen LogP contribution in [-0.2, 0) is 0 Å². The molecule has 2 aromatic rings. The van der Waals surface area contributed by atoms with Gasteiger partial charge in [0, 0.05) is 16.8 Å². The number of rotatable bonds is 0. The topological polar surface area (TPSA) is 26.0 Å². The van der Waals surface area contributed by atoms with Crippen LogP contribution in [0.3, 0.4) is 0 Å². The average molecular weight is 225 g/mol. The van der Waals surface area contributed by atoms with Gasteiger partial charge in [-0.05, 0) is 42.8 Å². The lowest BCUT2D eigenvalue weighted by molar-refractivity contribution is 0.618. The molecule has 0 radical (unpaired) electrons. The number of benzene rings is 2. The number of nitrogens with two attached hydrogens (primary N) is 1. The Morgan fingerprint density at radius 3 is 2.35 bits per heavy atom. The van der Waals surface area contributed by atoms with Crippen LogP contribution in [0.2, 0.25) is 0 Å². The van der Waals surface area contributed by atoms with E-state index in [-0.39, 0.29) is 5.82 Å². The van der Waals surface area contributed by atoms with Crippen LogP contribution >= 0.6 is 0 Å². The van der Waals surface area contributed by atoms with Gasteiger partial charge in [0.15, 0.2) is 0 Å². The highest BCUT2D eigenvalue weighted by atomic mass is 19.1. The molecule has 0 heterocycles. The van der Waals surface area contributed by atoms with E-state index in [9.17, 15) is 4.39 Å². The van der Waals surface area contributed by atoms with E-state index in [4.69, 9.17) is 5.73 Å². The molecule has 0 saturated heterocycles. The normalized spacial score (nSPS) is 9.53. The molecule has 2 aromatic carbocycles. The standard InChI is InChI=1S/C15H12FN/c1-11-5-6-13(10-15(11)16)8-7-12-3-2-4-14(17)9-12/h2-6,9-10H,17H2,1H3. The molecular formula is C15H12FN. The Kier molecular flexibility index (Phi) is 3.11. The van der Waals surface area contributed by atoms with Crippen LogP contribution in [-0.4, -0.2) is 0 Å². The number of aryl methyl sites for hydroxylation is 1. The number of hydrogen-bond acceptors (Lipinski definition) is 1. The molecule has 0 spiro atoms. The van der Waals surface area contributed by atoms with E-state index in [2.05, 4.69) is 11.8 Å². The molecule has 1 nitrogen and oxygen atoms in total. The summed E-state index contributed by atoms with van der Waals surface area (Å²) in [4.78, 5) is 0. The molecule has 2 rings (SSSR count). The van der Waals surface area contributed by atoms with Crippen molar-refractivity contribution < 1.29 is 4.39 Å². The van der Waals surface area contributed by atoms with Crippen LogP contribution in [0.4, 0.5) is 10.1 Å². The van der Waals surface area contributed by atoms with Crippen molar-refractivity contribution in [3.63, 3.8) is 0 Å². The molecule has 0 fully saturated rings. The van der Waals surface area contributed by atoms with Crippen LogP contribution in [0.1, 0.15) is 16.7 Å². The maximum absolute atomic E-state index is 13.3. The molecule has 0 bridgehead atoms. The molecule has 2 N–H and O–H groups in total.